The van der Waals surface area contributed by atoms with Crippen LogP contribution in [0.4, 0.5) is 23.1 Å². The average Bonchev–Trinajstić information content (AvgIpc) is 3.45. The molecule has 28 heavy (non-hydrogen) atoms. The number of nitrogens with two attached hydrogens (primary N) is 1. The molecule has 0 aliphatic heterocycles. The van der Waals surface area contributed by atoms with E-state index < -0.39 is 16.0 Å². The summed E-state index contributed by atoms with van der Waals surface area (Å²) in [4.78, 5) is 24.2. The van der Waals surface area contributed by atoms with E-state index in [-0.39, 0.29) is 11.5 Å². The predicted octanol–water partition coefficient (Wildman–Crippen LogP) is 1.71. The molecule has 0 amide bonds. The summed E-state index contributed by atoms with van der Waals surface area (Å²) < 4.78 is 27.5. The number of aromatic nitrogens is 2. The van der Waals surface area contributed by atoms with Gasteiger partial charge in [-0.1, -0.05) is 0 Å². The molecule has 1 aromatic heterocycles. The summed E-state index contributed by atoms with van der Waals surface area (Å²) in [6.45, 7) is 1.98. The van der Waals surface area contributed by atoms with E-state index >= 15 is 0 Å². The topological polar surface area (TPSA) is 149 Å². The lowest BCUT2D eigenvalue weighted by Gasteiger charge is -2.10. The number of hydrogen-bond donors (Lipinski definition) is 3. The molecule has 0 spiro atoms. The molecule has 11 heteroatoms. The molecule has 1 fully saturated rings. The first-order valence-electron chi connectivity index (χ1n) is 8.59. The van der Waals surface area contributed by atoms with Gasteiger partial charge in [-0.25, -0.2) is 28.3 Å². The van der Waals surface area contributed by atoms with Gasteiger partial charge in [0.1, 0.15) is 11.9 Å². The van der Waals surface area contributed by atoms with Crippen LogP contribution in [0.3, 0.4) is 0 Å². The van der Waals surface area contributed by atoms with E-state index in [0.717, 1.165) is 19.1 Å². The van der Waals surface area contributed by atoms with Crippen molar-refractivity contribution < 1.29 is 17.9 Å². The van der Waals surface area contributed by atoms with Gasteiger partial charge in [0.15, 0.2) is 5.82 Å². The van der Waals surface area contributed by atoms with Crippen molar-refractivity contribution in [1.29, 1.82) is 0 Å². The molecule has 3 rings (SSSR count). The molecule has 1 aliphatic rings. The Bertz CT molecular complexity index is 987. The van der Waals surface area contributed by atoms with Crippen LogP contribution in [0.15, 0.2) is 40.4 Å². The molecule has 2 aromatic rings. The van der Waals surface area contributed by atoms with Crippen molar-refractivity contribution >= 4 is 45.3 Å². The van der Waals surface area contributed by atoms with Crippen LogP contribution in [0.25, 0.3) is 0 Å². The molecule has 1 saturated carbocycles. The fourth-order valence-electron chi connectivity index (χ4n) is 2.22. The second-order valence-corrected chi connectivity index (χ2v) is 7.61. The molecular weight excluding hydrogens is 384 g/mol. The molecule has 10 nitrogen and oxygen atoms in total. The summed E-state index contributed by atoms with van der Waals surface area (Å²) >= 11 is 0. The number of sulfonamides is 1. The van der Waals surface area contributed by atoms with Gasteiger partial charge >= 0.3 is 5.97 Å². The van der Waals surface area contributed by atoms with Crippen molar-refractivity contribution in [2.45, 2.75) is 30.7 Å². The number of hydrogen-bond acceptors (Lipinski definition) is 9. The Hall–Kier alpha value is -3.05. The standard InChI is InChI=1S/C17H20N6O4S/c1-2-27-15(24)10-19-14-9-20-17(23-16(14)21-11-3-4-11)22-12-5-7-13(8-6-12)28(18,25)26/h5-11H,2-4H2,1H3,(H2,18,25,26)(H2,20,21,22,23). The molecule has 1 aromatic carbocycles. The fraction of sp³-hybridized carbons (Fsp3) is 0.294. The van der Waals surface area contributed by atoms with Crippen LogP contribution in [0.5, 0.6) is 0 Å². The second kappa shape index (κ2) is 8.31. The minimum Gasteiger partial charge on any atom is -0.462 e. The van der Waals surface area contributed by atoms with Crippen molar-refractivity contribution in [2.75, 3.05) is 17.2 Å². The van der Waals surface area contributed by atoms with Crippen LogP contribution in [0.2, 0.25) is 0 Å². The van der Waals surface area contributed by atoms with Gasteiger partial charge in [-0.3, -0.25) is 0 Å². The van der Waals surface area contributed by atoms with Crippen molar-refractivity contribution in [3.8, 4) is 0 Å². The Morgan fingerprint density at radius 3 is 2.68 bits per heavy atom. The lowest BCUT2D eigenvalue weighted by molar-refractivity contribution is -0.134. The van der Waals surface area contributed by atoms with E-state index in [1.165, 1.54) is 18.3 Å². The monoisotopic (exact) mass is 404 g/mol. The largest absolute Gasteiger partial charge is 0.462 e. The first kappa shape index (κ1) is 19.7. The maximum atomic E-state index is 11.5. The van der Waals surface area contributed by atoms with Crippen LogP contribution in [0.1, 0.15) is 19.8 Å². The summed E-state index contributed by atoms with van der Waals surface area (Å²) in [6, 6.07) is 6.21. The number of carbonyl (C=O) groups is 1. The van der Waals surface area contributed by atoms with Crippen LogP contribution < -0.4 is 15.8 Å². The van der Waals surface area contributed by atoms with E-state index in [1.54, 1.807) is 19.1 Å². The summed E-state index contributed by atoms with van der Waals surface area (Å²) in [5.74, 6) is 0.236. The van der Waals surface area contributed by atoms with E-state index in [1.807, 2.05) is 0 Å². The highest BCUT2D eigenvalue weighted by Crippen LogP contribution is 2.30. The normalized spacial score (nSPS) is 14.1. The molecule has 0 atom stereocenters. The van der Waals surface area contributed by atoms with Gasteiger partial charge in [0.2, 0.25) is 16.0 Å². The smallest absolute Gasteiger partial charge is 0.349 e. The van der Waals surface area contributed by atoms with Crippen LogP contribution in [-0.2, 0) is 19.6 Å². The number of primary sulfonamides is 1. The molecule has 0 bridgehead atoms. The van der Waals surface area contributed by atoms with Gasteiger partial charge in [-0.2, -0.15) is 4.98 Å². The highest BCUT2D eigenvalue weighted by atomic mass is 32.2. The molecule has 148 valence electrons. The summed E-state index contributed by atoms with van der Waals surface area (Å²) in [7, 11) is -3.75. The Morgan fingerprint density at radius 2 is 2.07 bits per heavy atom. The molecule has 1 aliphatic carbocycles. The lowest BCUT2D eigenvalue weighted by Crippen LogP contribution is -2.12. The number of nitrogens with zero attached hydrogens (tertiary/aromatic N) is 3. The Balaban J connectivity index is 1.79. The first-order valence-corrected chi connectivity index (χ1v) is 10.1. The predicted molar refractivity (Wildman–Crippen MR) is 105 cm³/mol. The van der Waals surface area contributed by atoms with Gasteiger partial charge in [0, 0.05) is 11.7 Å². The number of aliphatic imine (C=N–C) groups is 1. The number of nitrogens with one attached hydrogen (secondary N) is 2. The van der Waals surface area contributed by atoms with Gasteiger partial charge in [-0.15, -0.1) is 0 Å². The number of rotatable bonds is 8. The van der Waals surface area contributed by atoms with Crippen LogP contribution in [0, 0.1) is 0 Å². The molecule has 4 N–H and O–H groups in total. The quantitative estimate of drug-likeness (QED) is 0.445. The van der Waals surface area contributed by atoms with Gasteiger partial charge in [0.05, 0.1) is 17.7 Å². The van der Waals surface area contributed by atoms with E-state index in [9.17, 15) is 13.2 Å². The summed E-state index contributed by atoms with van der Waals surface area (Å²) in [5.41, 5.74) is 1.00. The maximum Gasteiger partial charge on any atom is 0.349 e. The summed E-state index contributed by atoms with van der Waals surface area (Å²) in [6.07, 6.45) is 4.62. The molecule has 1 heterocycles. The Kier molecular flexibility index (Phi) is 5.85. The minimum atomic E-state index is -3.75. The third-order valence-electron chi connectivity index (χ3n) is 3.72. The average molecular weight is 404 g/mol. The second-order valence-electron chi connectivity index (χ2n) is 6.05. The van der Waals surface area contributed by atoms with Crippen LogP contribution >= 0.6 is 0 Å². The highest BCUT2D eigenvalue weighted by molar-refractivity contribution is 7.89. The Morgan fingerprint density at radius 1 is 1.36 bits per heavy atom. The van der Waals surface area contributed by atoms with Gasteiger partial charge < -0.3 is 15.4 Å². The lowest BCUT2D eigenvalue weighted by atomic mass is 10.3. The highest BCUT2D eigenvalue weighted by Gasteiger charge is 2.23. The summed E-state index contributed by atoms with van der Waals surface area (Å²) in [5, 5.41) is 11.3. The minimum absolute atomic E-state index is 0.0127. The molecule has 0 radical (unpaired) electrons. The van der Waals surface area contributed by atoms with E-state index in [4.69, 9.17) is 9.88 Å². The number of ether oxygens (including phenoxy) is 1. The third-order valence-corrected chi connectivity index (χ3v) is 4.65. The number of benzene rings is 1. The van der Waals surface area contributed by atoms with Gasteiger partial charge in [-0.05, 0) is 44.0 Å². The van der Waals surface area contributed by atoms with E-state index in [0.29, 0.717) is 29.2 Å². The van der Waals surface area contributed by atoms with Gasteiger partial charge in [0.25, 0.3) is 0 Å². The molecular formula is C17H20N6O4S. The van der Waals surface area contributed by atoms with E-state index in [2.05, 4.69) is 25.6 Å². The van der Waals surface area contributed by atoms with Crippen molar-refractivity contribution in [2.24, 2.45) is 10.1 Å². The number of esters is 1. The van der Waals surface area contributed by atoms with Crippen LogP contribution in [-0.4, -0.2) is 43.2 Å². The zero-order valence-corrected chi connectivity index (χ0v) is 15.9. The molecule has 0 saturated heterocycles. The zero-order chi connectivity index (χ0) is 20.1. The first-order chi connectivity index (χ1) is 13.3. The Labute approximate surface area is 162 Å². The zero-order valence-electron chi connectivity index (χ0n) is 15.1. The fourth-order valence-corrected chi connectivity index (χ4v) is 2.73. The molecule has 0 unspecified atom stereocenters. The number of anilines is 3. The number of carbonyl (C=O) groups excluding carboxylic acids is 1. The SMILES string of the molecule is CCOC(=O)C=Nc1cnc(Nc2ccc(S(N)(=O)=O)cc2)nc1NC1CC1. The van der Waals surface area contributed by atoms with Crippen molar-refractivity contribution in [3.05, 3.63) is 30.5 Å². The van der Waals surface area contributed by atoms with Crippen molar-refractivity contribution in [1.82, 2.24) is 9.97 Å². The third kappa shape index (κ3) is 5.47. The van der Waals surface area contributed by atoms with Crippen molar-refractivity contribution in [3.63, 3.8) is 0 Å². The maximum absolute atomic E-state index is 11.5.